The second-order valence-electron chi connectivity index (χ2n) is 5.81. The van der Waals surface area contributed by atoms with Gasteiger partial charge in [0.2, 0.25) is 0 Å². The Morgan fingerprint density at radius 3 is 2.62 bits per heavy atom. The zero-order valence-electron chi connectivity index (χ0n) is 13.8. The van der Waals surface area contributed by atoms with E-state index in [0.29, 0.717) is 6.61 Å². The number of para-hydroxylation sites is 1. The van der Waals surface area contributed by atoms with Crippen LogP contribution in [0, 0.1) is 0 Å². The minimum absolute atomic E-state index is 0.700. The Labute approximate surface area is 151 Å². The van der Waals surface area contributed by atoms with Crippen LogP contribution in [0.1, 0.15) is 17.5 Å². The zero-order chi connectivity index (χ0) is 16.9. The van der Waals surface area contributed by atoms with Gasteiger partial charge < -0.3 is 9.72 Å². The van der Waals surface area contributed by atoms with E-state index < -0.39 is 0 Å². The fourth-order valence-electron chi connectivity index (χ4n) is 3.15. The van der Waals surface area contributed by atoms with Crippen molar-refractivity contribution >= 4 is 37.7 Å². The second kappa shape index (κ2) is 7.71. The molecular weight excluding hydrogens is 362 g/mol. The quantitative estimate of drug-likeness (QED) is 0.290. The fraction of sp³-hybridized carbons (Fsp3) is 0.238. The predicted molar refractivity (Wildman–Crippen MR) is 108 cm³/mol. The molecule has 0 saturated heterocycles. The summed E-state index contributed by atoms with van der Waals surface area (Å²) in [5.41, 5.74) is 4.68. The van der Waals surface area contributed by atoms with E-state index in [1.165, 1.54) is 21.9 Å². The number of nitrogens with one attached hydrogen (secondary N) is 1. The highest BCUT2D eigenvalue weighted by atomic mass is 79.9. The van der Waals surface area contributed by atoms with Gasteiger partial charge >= 0.3 is 0 Å². The molecule has 0 saturated carbocycles. The van der Waals surface area contributed by atoms with Crippen molar-refractivity contribution in [1.29, 1.82) is 0 Å². The lowest BCUT2D eigenvalue weighted by molar-refractivity contribution is 0.314. The van der Waals surface area contributed by atoms with Gasteiger partial charge in [-0.25, -0.2) is 0 Å². The largest absolute Gasteiger partial charge is 0.493 e. The van der Waals surface area contributed by atoms with E-state index in [-0.39, 0.29) is 0 Å². The van der Waals surface area contributed by atoms with E-state index in [0.717, 1.165) is 41.4 Å². The van der Waals surface area contributed by atoms with Crippen molar-refractivity contribution < 1.29 is 4.74 Å². The summed E-state index contributed by atoms with van der Waals surface area (Å²) in [7, 11) is 0. The molecular formula is C21H22BrNO. The first-order chi connectivity index (χ1) is 11.8. The highest BCUT2D eigenvalue weighted by Crippen LogP contribution is 2.37. The number of halogens is 1. The molecule has 24 heavy (non-hydrogen) atoms. The van der Waals surface area contributed by atoms with Crippen LogP contribution in [-0.4, -0.2) is 16.9 Å². The molecule has 1 N–H and O–H groups in total. The van der Waals surface area contributed by atoms with Gasteiger partial charge in [-0.1, -0.05) is 46.3 Å². The fourth-order valence-corrected chi connectivity index (χ4v) is 3.38. The molecule has 0 radical (unpaired) electrons. The van der Waals surface area contributed by atoms with E-state index in [4.69, 9.17) is 4.74 Å². The Morgan fingerprint density at radius 1 is 1.08 bits per heavy atom. The van der Waals surface area contributed by atoms with Crippen molar-refractivity contribution in [2.75, 3.05) is 11.9 Å². The Hall–Kier alpha value is -2.00. The zero-order valence-corrected chi connectivity index (χ0v) is 15.4. The summed E-state index contributed by atoms with van der Waals surface area (Å²) in [4.78, 5) is 3.57. The highest BCUT2D eigenvalue weighted by Gasteiger charge is 2.16. The number of allylic oxidation sites excluding steroid dienone is 2. The maximum Gasteiger partial charge on any atom is 0.128 e. The number of benzene rings is 2. The van der Waals surface area contributed by atoms with E-state index in [9.17, 15) is 0 Å². The minimum Gasteiger partial charge on any atom is -0.493 e. The summed E-state index contributed by atoms with van der Waals surface area (Å²) in [5.74, 6) is 0.981. The first kappa shape index (κ1) is 16.8. The average Bonchev–Trinajstić information content (AvgIpc) is 2.96. The number of aromatic amines is 1. The molecule has 0 aliphatic rings. The van der Waals surface area contributed by atoms with Gasteiger partial charge in [0.05, 0.1) is 12.1 Å². The van der Waals surface area contributed by atoms with Gasteiger partial charge in [-0.15, -0.1) is 13.2 Å². The maximum atomic E-state index is 6.17. The summed E-state index contributed by atoms with van der Waals surface area (Å²) in [6.45, 7) is 8.54. The van der Waals surface area contributed by atoms with Crippen LogP contribution in [0.15, 0.2) is 55.6 Å². The van der Waals surface area contributed by atoms with Crippen molar-refractivity contribution in [3.63, 3.8) is 0 Å². The first-order valence-electron chi connectivity index (χ1n) is 8.25. The molecule has 3 aromatic rings. The molecule has 124 valence electrons. The molecule has 0 aliphatic heterocycles. The topological polar surface area (TPSA) is 25.0 Å². The Morgan fingerprint density at radius 2 is 1.88 bits per heavy atom. The third-order valence-corrected chi connectivity index (χ3v) is 4.73. The lowest BCUT2D eigenvalue weighted by atomic mass is 9.98. The normalized spacial score (nSPS) is 11.0. The van der Waals surface area contributed by atoms with E-state index in [1.807, 2.05) is 12.2 Å². The van der Waals surface area contributed by atoms with Gasteiger partial charge in [0, 0.05) is 27.2 Å². The summed E-state index contributed by atoms with van der Waals surface area (Å²) >= 11 is 3.47. The number of aromatic nitrogens is 1. The molecule has 0 spiro atoms. The van der Waals surface area contributed by atoms with Crippen LogP contribution in [0.25, 0.3) is 21.8 Å². The maximum absolute atomic E-state index is 6.17. The van der Waals surface area contributed by atoms with Crippen molar-refractivity contribution in [3.8, 4) is 5.75 Å². The van der Waals surface area contributed by atoms with Crippen molar-refractivity contribution in [2.24, 2.45) is 0 Å². The van der Waals surface area contributed by atoms with E-state index in [1.54, 1.807) is 0 Å². The SMILES string of the molecule is C=CCc1cc2c([nH]c3ccccc32)c(CC=C)c1OCCCBr. The summed E-state index contributed by atoms with van der Waals surface area (Å²) < 4.78 is 6.17. The van der Waals surface area contributed by atoms with Gasteiger partial charge in [0.15, 0.2) is 0 Å². The Kier molecular flexibility index (Phi) is 5.41. The lowest BCUT2D eigenvalue weighted by Crippen LogP contribution is -2.04. The van der Waals surface area contributed by atoms with Crippen LogP contribution in [0.2, 0.25) is 0 Å². The monoisotopic (exact) mass is 383 g/mol. The van der Waals surface area contributed by atoms with Gasteiger partial charge in [-0.05, 0) is 37.0 Å². The number of fused-ring (bicyclic) bond motifs is 3. The van der Waals surface area contributed by atoms with E-state index >= 15 is 0 Å². The van der Waals surface area contributed by atoms with Crippen LogP contribution < -0.4 is 4.74 Å². The highest BCUT2D eigenvalue weighted by molar-refractivity contribution is 9.09. The van der Waals surface area contributed by atoms with Gasteiger partial charge in [0.25, 0.3) is 0 Å². The molecule has 3 rings (SSSR count). The number of rotatable bonds is 8. The molecule has 2 aromatic carbocycles. The number of hydrogen-bond acceptors (Lipinski definition) is 1. The predicted octanol–water partition coefficient (Wildman–Crippen LogP) is 5.94. The van der Waals surface area contributed by atoms with Crippen LogP contribution in [0.5, 0.6) is 5.75 Å². The summed E-state index contributed by atoms with van der Waals surface area (Å²) in [6, 6.07) is 10.7. The lowest BCUT2D eigenvalue weighted by Gasteiger charge is -2.16. The van der Waals surface area contributed by atoms with Crippen LogP contribution in [0.3, 0.4) is 0 Å². The second-order valence-corrected chi connectivity index (χ2v) is 6.61. The van der Waals surface area contributed by atoms with Crippen LogP contribution in [-0.2, 0) is 12.8 Å². The summed E-state index contributed by atoms with van der Waals surface area (Å²) in [5, 5.41) is 3.43. The van der Waals surface area contributed by atoms with Crippen molar-refractivity contribution in [1.82, 2.24) is 4.98 Å². The summed E-state index contributed by atoms with van der Waals surface area (Å²) in [6.07, 6.45) is 6.42. The molecule has 0 aliphatic carbocycles. The van der Waals surface area contributed by atoms with Crippen molar-refractivity contribution in [3.05, 3.63) is 66.8 Å². The Bertz CT molecular complexity index is 878. The molecule has 0 bridgehead atoms. The van der Waals surface area contributed by atoms with E-state index in [2.05, 4.69) is 64.4 Å². The number of H-pyrrole nitrogens is 1. The van der Waals surface area contributed by atoms with Crippen molar-refractivity contribution in [2.45, 2.75) is 19.3 Å². The van der Waals surface area contributed by atoms with Crippen LogP contribution >= 0.6 is 15.9 Å². The van der Waals surface area contributed by atoms with Crippen LogP contribution in [0.4, 0.5) is 0 Å². The third kappa shape index (κ3) is 3.13. The van der Waals surface area contributed by atoms with Gasteiger partial charge in [0.1, 0.15) is 5.75 Å². The number of hydrogen-bond donors (Lipinski definition) is 1. The molecule has 1 aromatic heterocycles. The third-order valence-electron chi connectivity index (χ3n) is 4.17. The molecule has 0 amide bonds. The Balaban J connectivity index is 2.26. The minimum atomic E-state index is 0.700. The smallest absolute Gasteiger partial charge is 0.128 e. The number of ether oxygens (including phenoxy) is 1. The molecule has 0 atom stereocenters. The molecule has 1 heterocycles. The molecule has 2 nitrogen and oxygen atoms in total. The molecule has 0 fully saturated rings. The average molecular weight is 384 g/mol. The molecule has 0 unspecified atom stereocenters. The standard InChI is InChI=1S/C21H22BrNO/c1-3-8-15-14-18-16-10-5-6-11-19(16)23-20(18)17(9-4-2)21(15)24-13-7-12-22/h3-6,10-11,14,23H,1-2,7-9,12-13H2. The van der Waals surface area contributed by atoms with Gasteiger partial charge in [-0.2, -0.15) is 0 Å². The van der Waals surface area contributed by atoms with Gasteiger partial charge in [-0.3, -0.25) is 0 Å². The first-order valence-corrected chi connectivity index (χ1v) is 9.38. The number of alkyl halides is 1. The molecule has 3 heteroatoms.